The predicted octanol–water partition coefficient (Wildman–Crippen LogP) is 1.46. The molecule has 0 bridgehead atoms. The molecule has 0 fully saturated rings. The van der Waals surface area contributed by atoms with Crippen LogP contribution in [0.4, 0.5) is 0 Å². The van der Waals surface area contributed by atoms with Gasteiger partial charge in [-0.15, -0.1) is 10.2 Å². The van der Waals surface area contributed by atoms with Gasteiger partial charge in [-0.1, -0.05) is 23.9 Å². The molecule has 0 spiro atoms. The lowest BCUT2D eigenvalue weighted by atomic mass is 10.2. The van der Waals surface area contributed by atoms with Crippen LogP contribution in [-0.4, -0.2) is 33.0 Å². The van der Waals surface area contributed by atoms with Crippen LogP contribution < -0.4 is 10.5 Å². The Balaban J connectivity index is 2.32. The number of nitrogens with two attached hydrogens (primary N) is 1. The second-order valence-electron chi connectivity index (χ2n) is 4.05. The topological polar surface area (TPSA) is 83.0 Å². The van der Waals surface area contributed by atoms with E-state index in [1.165, 1.54) is 11.8 Å². The number of carbonyl (C=O) groups excluding carboxylic acids is 1. The molecule has 0 unspecified atom stereocenters. The quantitative estimate of drug-likeness (QED) is 0.815. The maximum atomic E-state index is 10.8. The summed E-state index contributed by atoms with van der Waals surface area (Å²) in [5.41, 5.74) is 6.01. The van der Waals surface area contributed by atoms with Gasteiger partial charge in [-0.3, -0.25) is 4.79 Å². The van der Waals surface area contributed by atoms with E-state index >= 15 is 0 Å². The predicted molar refractivity (Wildman–Crippen MR) is 77.5 cm³/mol. The lowest BCUT2D eigenvalue weighted by Gasteiger charge is -2.09. The Morgan fingerprint density at radius 2 is 2.15 bits per heavy atom. The second-order valence-corrected chi connectivity index (χ2v) is 4.99. The van der Waals surface area contributed by atoms with Crippen molar-refractivity contribution < 1.29 is 9.53 Å². The number of benzene rings is 1. The first-order valence-electron chi connectivity index (χ1n) is 6.16. The largest absolute Gasteiger partial charge is 0.493 e. The lowest BCUT2D eigenvalue weighted by molar-refractivity contribution is -0.115. The molecule has 0 saturated carbocycles. The van der Waals surface area contributed by atoms with Crippen LogP contribution in [0.5, 0.6) is 5.75 Å². The van der Waals surface area contributed by atoms with Gasteiger partial charge < -0.3 is 15.0 Å². The van der Waals surface area contributed by atoms with Gasteiger partial charge in [-0.2, -0.15) is 0 Å². The fourth-order valence-electron chi connectivity index (χ4n) is 1.74. The summed E-state index contributed by atoms with van der Waals surface area (Å²) in [6.07, 6.45) is 0. The van der Waals surface area contributed by atoms with E-state index in [1.54, 1.807) is 0 Å². The molecule has 2 rings (SSSR count). The van der Waals surface area contributed by atoms with Gasteiger partial charge in [-0.05, 0) is 19.1 Å². The summed E-state index contributed by atoms with van der Waals surface area (Å²) in [5.74, 6) is 1.26. The Morgan fingerprint density at radius 3 is 2.85 bits per heavy atom. The SMILES string of the molecule is CCOc1ccccc1-c1nnc(SCC(N)=O)n1C. The molecule has 7 heteroatoms. The van der Waals surface area contributed by atoms with Crippen LogP contribution in [0.1, 0.15) is 6.92 Å². The third-order valence-electron chi connectivity index (χ3n) is 2.61. The van der Waals surface area contributed by atoms with E-state index in [2.05, 4.69) is 10.2 Å². The molecular formula is C13H16N4O2S. The fraction of sp³-hybridized carbons (Fsp3) is 0.308. The summed E-state index contributed by atoms with van der Waals surface area (Å²) in [6, 6.07) is 7.65. The van der Waals surface area contributed by atoms with Gasteiger partial charge in [0, 0.05) is 7.05 Å². The number of hydrogen-bond acceptors (Lipinski definition) is 5. The second kappa shape index (κ2) is 6.42. The van der Waals surface area contributed by atoms with E-state index in [4.69, 9.17) is 10.5 Å². The molecule has 1 aromatic carbocycles. The van der Waals surface area contributed by atoms with Crippen molar-refractivity contribution in [1.29, 1.82) is 0 Å². The highest BCUT2D eigenvalue weighted by Crippen LogP contribution is 2.30. The molecule has 0 aliphatic heterocycles. The molecule has 20 heavy (non-hydrogen) atoms. The normalized spacial score (nSPS) is 10.5. The molecule has 0 aliphatic rings. The van der Waals surface area contributed by atoms with Crippen LogP contribution in [-0.2, 0) is 11.8 Å². The van der Waals surface area contributed by atoms with Crippen LogP contribution in [0.15, 0.2) is 29.4 Å². The third kappa shape index (κ3) is 3.11. The van der Waals surface area contributed by atoms with Crippen molar-refractivity contribution in [3.8, 4) is 17.1 Å². The smallest absolute Gasteiger partial charge is 0.227 e. The molecule has 1 aromatic heterocycles. The molecule has 0 aliphatic carbocycles. The molecule has 2 aromatic rings. The van der Waals surface area contributed by atoms with E-state index in [9.17, 15) is 4.79 Å². The van der Waals surface area contributed by atoms with E-state index in [0.717, 1.165) is 11.3 Å². The molecule has 1 amide bonds. The maximum Gasteiger partial charge on any atom is 0.227 e. The number of hydrogen-bond donors (Lipinski definition) is 1. The summed E-state index contributed by atoms with van der Waals surface area (Å²) in [4.78, 5) is 10.8. The standard InChI is InChI=1S/C13H16N4O2S/c1-3-19-10-7-5-4-6-9(10)12-15-16-13(17(12)2)20-8-11(14)18/h4-7H,3,8H2,1-2H3,(H2,14,18). The van der Waals surface area contributed by atoms with E-state index in [1.807, 2.05) is 42.8 Å². The molecule has 106 valence electrons. The zero-order valence-corrected chi connectivity index (χ0v) is 12.2. The Kier molecular flexibility index (Phi) is 4.62. The first kappa shape index (κ1) is 14.4. The lowest BCUT2D eigenvalue weighted by Crippen LogP contribution is -2.13. The van der Waals surface area contributed by atoms with Crippen molar-refractivity contribution in [1.82, 2.24) is 14.8 Å². The Hall–Kier alpha value is -2.02. The van der Waals surface area contributed by atoms with Crippen molar-refractivity contribution in [2.75, 3.05) is 12.4 Å². The van der Waals surface area contributed by atoms with E-state index in [0.29, 0.717) is 17.6 Å². The van der Waals surface area contributed by atoms with E-state index in [-0.39, 0.29) is 11.7 Å². The van der Waals surface area contributed by atoms with Gasteiger partial charge in [0.05, 0.1) is 17.9 Å². The minimum absolute atomic E-state index is 0.180. The van der Waals surface area contributed by atoms with Crippen molar-refractivity contribution in [2.24, 2.45) is 12.8 Å². The summed E-state index contributed by atoms with van der Waals surface area (Å²) in [7, 11) is 1.85. The fourth-order valence-corrected chi connectivity index (χ4v) is 2.39. The van der Waals surface area contributed by atoms with Gasteiger partial charge in [0.25, 0.3) is 0 Å². The van der Waals surface area contributed by atoms with Crippen LogP contribution >= 0.6 is 11.8 Å². The van der Waals surface area contributed by atoms with Crippen LogP contribution in [0, 0.1) is 0 Å². The number of thioether (sulfide) groups is 1. The molecule has 1 heterocycles. The minimum Gasteiger partial charge on any atom is -0.493 e. The Morgan fingerprint density at radius 1 is 1.40 bits per heavy atom. The van der Waals surface area contributed by atoms with Gasteiger partial charge in [0.1, 0.15) is 5.75 Å². The number of carbonyl (C=O) groups is 1. The van der Waals surface area contributed by atoms with Crippen LogP contribution in [0.3, 0.4) is 0 Å². The number of amides is 1. The number of nitrogens with zero attached hydrogens (tertiary/aromatic N) is 3. The van der Waals surface area contributed by atoms with Crippen molar-refractivity contribution in [3.05, 3.63) is 24.3 Å². The Bertz CT molecular complexity index is 612. The molecular weight excluding hydrogens is 276 g/mol. The first-order chi connectivity index (χ1) is 9.63. The number of rotatable bonds is 6. The first-order valence-corrected chi connectivity index (χ1v) is 7.14. The zero-order valence-electron chi connectivity index (χ0n) is 11.4. The van der Waals surface area contributed by atoms with Crippen molar-refractivity contribution in [3.63, 3.8) is 0 Å². The Labute approximate surface area is 121 Å². The van der Waals surface area contributed by atoms with Crippen molar-refractivity contribution >= 4 is 17.7 Å². The number of aromatic nitrogens is 3. The number of para-hydroxylation sites is 1. The maximum absolute atomic E-state index is 10.8. The summed E-state index contributed by atoms with van der Waals surface area (Å²) >= 11 is 1.26. The number of ether oxygens (including phenoxy) is 1. The third-order valence-corrected chi connectivity index (χ3v) is 3.65. The molecule has 2 N–H and O–H groups in total. The molecule has 0 atom stereocenters. The highest BCUT2D eigenvalue weighted by Gasteiger charge is 2.15. The monoisotopic (exact) mass is 292 g/mol. The summed E-state index contributed by atoms with van der Waals surface area (Å²) in [6.45, 7) is 2.51. The highest BCUT2D eigenvalue weighted by molar-refractivity contribution is 7.99. The highest BCUT2D eigenvalue weighted by atomic mass is 32.2. The van der Waals surface area contributed by atoms with Gasteiger partial charge in [0.15, 0.2) is 11.0 Å². The average molecular weight is 292 g/mol. The minimum atomic E-state index is -0.380. The molecule has 0 saturated heterocycles. The van der Waals surface area contributed by atoms with Crippen LogP contribution in [0.25, 0.3) is 11.4 Å². The summed E-state index contributed by atoms with van der Waals surface area (Å²) < 4.78 is 7.42. The van der Waals surface area contributed by atoms with Crippen molar-refractivity contribution in [2.45, 2.75) is 12.1 Å². The average Bonchev–Trinajstić information content (AvgIpc) is 2.79. The van der Waals surface area contributed by atoms with E-state index < -0.39 is 0 Å². The summed E-state index contributed by atoms with van der Waals surface area (Å²) in [5, 5.41) is 8.89. The van der Waals surface area contributed by atoms with Gasteiger partial charge in [0.2, 0.25) is 5.91 Å². The van der Waals surface area contributed by atoms with Crippen LogP contribution in [0.2, 0.25) is 0 Å². The molecule has 6 nitrogen and oxygen atoms in total. The zero-order chi connectivity index (χ0) is 14.5. The van der Waals surface area contributed by atoms with Gasteiger partial charge in [-0.25, -0.2) is 0 Å². The van der Waals surface area contributed by atoms with Gasteiger partial charge >= 0.3 is 0 Å². The molecule has 0 radical (unpaired) electrons. The number of primary amides is 1.